The van der Waals surface area contributed by atoms with Crippen LogP contribution in [0.2, 0.25) is 9.88 Å². The van der Waals surface area contributed by atoms with Gasteiger partial charge in [0, 0.05) is 24.0 Å². The Kier molecular flexibility index (Phi) is 12.2. The van der Waals surface area contributed by atoms with E-state index in [4.69, 9.17) is 0 Å². The van der Waals surface area contributed by atoms with E-state index in [0.29, 0.717) is 0 Å². The molecule has 0 aliphatic heterocycles. The van der Waals surface area contributed by atoms with Gasteiger partial charge in [0.25, 0.3) is 0 Å². The van der Waals surface area contributed by atoms with Gasteiger partial charge in [0.15, 0.2) is 0 Å². The first-order valence-corrected chi connectivity index (χ1v) is 38.1. The van der Waals surface area contributed by atoms with Crippen LogP contribution in [0.1, 0.15) is 0 Å². The van der Waals surface area contributed by atoms with Crippen molar-refractivity contribution in [2.75, 3.05) is 0 Å². The molecule has 0 nitrogen and oxygen atoms in total. The molecule has 0 unspecified atom stereocenters. The second-order valence-electron chi connectivity index (χ2n) is 7.54. The predicted octanol–water partition coefficient (Wildman–Crippen LogP) is 6.24. The Bertz CT molecular complexity index is 852. The van der Waals surface area contributed by atoms with Crippen molar-refractivity contribution in [3.8, 4) is 0 Å². The molecule has 4 aromatic rings. The van der Waals surface area contributed by atoms with E-state index < -0.39 is 29.2 Å². The van der Waals surface area contributed by atoms with Crippen LogP contribution in [0, 0.1) is 0 Å². The SMILES string of the molecule is [CH3][Sn]([CH3])([I])[I].[I].c1cc[c]([SbH]([c]2ccccc2)([c]2ccccc2)[c]2ccccc2)cc1. The average molecular weight is 961 g/mol. The molecule has 161 valence electrons. The molecule has 0 aliphatic carbocycles. The maximum atomic E-state index is 2.57. The second kappa shape index (κ2) is 13.5. The first kappa shape index (κ1) is 27.9. The van der Waals surface area contributed by atoms with Crippen molar-refractivity contribution in [2.24, 2.45) is 0 Å². The fraction of sp³-hybridized carbons (Fsp3) is 0.0769. The van der Waals surface area contributed by atoms with E-state index in [9.17, 15) is 0 Å². The van der Waals surface area contributed by atoms with Crippen LogP contribution < -0.4 is 14.0 Å². The van der Waals surface area contributed by atoms with Crippen LogP contribution in [0.3, 0.4) is 0 Å². The van der Waals surface area contributed by atoms with Gasteiger partial charge in [-0.05, 0) is 0 Å². The number of benzene rings is 4. The monoisotopic (exact) mass is 961 g/mol. The molecule has 1 radical (unpaired) electrons. The predicted molar refractivity (Wildman–Crippen MR) is 171 cm³/mol. The second-order valence-corrected chi connectivity index (χ2v) is 76.0. The van der Waals surface area contributed by atoms with Gasteiger partial charge in [-0.25, -0.2) is 0 Å². The van der Waals surface area contributed by atoms with Gasteiger partial charge in [-0.15, -0.1) is 0 Å². The van der Waals surface area contributed by atoms with Crippen molar-refractivity contribution in [1.29, 1.82) is 0 Å². The Morgan fingerprint density at radius 1 is 0.452 bits per heavy atom. The minimum atomic E-state index is -3.31. The summed E-state index contributed by atoms with van der Waals surface area (Å²) in [5.41, 5.74) is 0. The molecule has 0 aromatic heterocycles. The Labute approximate surface area is 231 Å². The first-order chi connectivity index (χ1) is 14.4. The molecular weight excluding hydrogens is 933 g/mol. The molecule has 0 fully saturated rings. The summed E-state index contributed by atoms with van der Waals surface area (Å²) in [7, 11) is -1.24. The summed E-state index contributed by atoms with van der Waals surface area (Å²) < 4.78 is 5.95. The van der Waals surface area contributed by atoms with Gasteiger partial charge in [0.2, 0.25) is 0 Å². The summed E-state index contributed by atoms with van der Waals surface area (Å²) in [5, 5.41) is 0. The van der Waals surface area contributed by atoms with Gasteiger partial charge >= 0.3 is 212 Å². The molecule has 0 saturated heterocycles. The van der Waals surface area contributed by atoms with Gasteiger partial charge in [-0.3, -0.25) is 0 Å². The molecule has 31 heavy (non-hydrogen) atoms. The van der Waals surface area contributed by atoms with Gasteiger partial charge in [-0.2, -0.15) is 0 Å². The van der Waals surface area contributed by atoms with Crippen molar-refractivity contribution >= 4 is 105 Å². The Morgan fingerprint density at radius 2 is 0.613 bits per heavy atom. The fourth-order valence-electron chi connectivity index (χ4n) is 3.75. The van der Waals surface area contributed by atoms with Gasteiger partial charge < -0.3 is 0 Å². The third kappa shape index (κ3) is 7.86. The van der Waals surface area contributed by atoms with E-state index in [0.717, 1.165) is 0 Å². The molecule has 4 aromatic carbocycles. The zero-order valence-corrected chi connectivity index (χ0v) is 29.9. The first-order valence-electron chi connectivity index (χ1n) is 10.0. The van der Waals surface area contributed by atoms with E-state index in [2.05, 4.69) is 168 Å². The molecule has 5 heteroatoms. The molecule has 0 amide bonds. The summed E-state index contributed by atoms with van der Waals surface area (Å²) in [6.45, 7) is 0. The van der Waals surface area contributed by atoms with E-state index in [1.165, 1.54) is 14.0 Å². The molecule has 0 spiro atoms. The van der Waals surface area contributed by atoms with Gasteiger partial charge in [0.05, 0.1) is 0 Å². The quantitative estimate of drug-likeness (QED) is 0.168. The Hall–Kier alpha value is 0.687. The molecule has 0 saturated carbocycles. The van der Waals surface area contributed by atoms with Crippen molar-refractivity contribution in [2.45, 2.75) is 9.88 Å². The van der Waals surface area contributed by atoms with Crippen LogP contribution in [0.15, 0.2) is 121 Å². The standard InChI is InChI=1S/4C6H5.2CH3.2HI.I.Sb.Sn.H/c4*1-2-4-6-5-3-1;;;;;;;;/h4*1-5H;2*1H3;2*1H;;;;/q;;;;;;;;;;+2;/p-2. The summed E-state index contributed by atoms with van der Waals surface area (Å²) >= 11 is 1.84. The molecule has 0 atom stereocenters. The number of rotatable bonds is 4. The fourth-order valence-corrected chi connectivity index (χ4v) is 17.4. The normalized spacial score (nSPS) is 11.5. The van der Waals surface area contributed by atoms with Crippen molar-refractivity contribution < 1.29 is 0 Å². The third-order valence-electron chi connectivity index (χ3n) is 4.83. The number of hydrogen-bond donors (Lipinski definition) is 0. The summed E-state index contributed by atoms with van der Waals surface area (Å²) in [6.07, 6.45) is 0. The van der Waals surface area contributed by atoms with Crippen molar-refractivity contribution in [3.63, 3.8) is 0 Å². The summed E-state index contributed by atoms with van der Waals surface area (Å²) in [6, 6.07) is 44.4. The van der Waals surface area contributed by atoms with Crippen LogP contribution in [0.25, 0.3) is 0 Å². The molecule has 0 aliphatic rings. The van der Waals surface area contributed by atoms with Gasteiger partial charge in [0.1, 0.15) is 0 Å². The Balaban J connectivity index is 0.000000514. The minimum absolute atomic E-state index is 0. The number of halogens is 3. The van der Waals surface area contributed by atoms with Crippen molar-refractivity contribution in [3.05, 3.63) is 121 Å². The summed E-state index contributed by atoms with van der Waals surface area (Å²) in [5.74, 6) is 0. The van der Waals surface area contributed by atoms with Crippen molar-refractivity contribution in [1.82, 2.24) is 0 Å². The number of hydrogen-bond acceptors (Lipinski definition) is 0. The molecular formula is C26H27I3SbSn. The van der Waals surface area contributed by atoms with Crippen LogP contribution >= 0.6 is 61.2 Å². The van der Waals surface area contributed by atoms with Crippen LogP contribution in [0.4, 0.5) is 0 Å². The maximum absolute atomic E-state index is 3.31. The van der Waals surface area contributed by atoms with Crippen LogP contribution in [0.5, 0.6) is 0 Å². The zero-order chi connectivity index (χ0) is 21.5. The average Bonchev–Trinajstić information content (AvgIpc) is 2.76. The molecule has 0 N–H and O–H groups in total. The van der Waals surface area contributed by atoms with E-state index >= 15 is 0 Å². The zero-order valence-electron chi connectivity index (χ0n) is 17.7. The topological polar surface area (TPSA) is 0 Å². The molecule has 4 rings (SSSR count). The summed E-state index contributed by atoms with van der Waals surface area (Å²) in [4.78, 5) is 4.74. The van der Waals surface area contributed by atoms with E-state index in [-0.39, 0.29) is 24.0 Å². The van der Waals surface area contributed by atoms with Gasteiger partial charge in [-0.1, -0.05) is 0 Å². The van der Waals surface area contributed by atoms with E-state index in [1.807, 2.05) is 0 Å². The molecule has 0 heterocycles. The molecule has 0 bridgehead atoms. The Morgan fingerprint density at radius 3 is 0.774 bits per heavy atom. The van der Waals surface area contributed by atoms with E-state index in [1.54, 1.807) is 0 Å². The van der Waals surface area contributed by atoms with Crippen LogP contribution in [-0.2, 0) is 0 Å². The van der Waals surface area contributed by atoms with Crippen LogP contribution in [-0.4, -0.2) is 29.2 Å². The third-order valence-corrected chi connectivity index (χ3v) is 18.5.